The fraction of sp³-hybridized carbons (Fsp3) is 0.556. The van der Waals surface area contributed by atoms with Gasteiger partial charge >= 0.3 is 5.97 Å². The lowest BCUT2D eigenvalue weighted by molar-refractivity contribution is -0.141. The molecule has 5 nitrogen and oxygen atoms in total. The second-order valence-electron chi connectivity index (χ2n) is 6.60. The molecule has 2 aliphatic heterocycles. The number of anilines is 1. The van der Waals surface area contributed by atoms with Gasteiger partial charge in [0.15, 0.2) is 0 Å². The van der Waals surface area contributed by atoms with Crippen molar-refractivity contribution in [3.8, 4) is 0 Å². The molecule has 0 unspecified atom stereocenters. The number of nitrogens with zero attached hydrogens (tertiary/aromatic N) is 2. The minimum absolute atomic E-state index is 0.0994. The summed E-state index contributed by atoms with van der Waals surface area (Å²) >= 11 is 0. The number of carbonyl (C=O) groups is 2. The molecule has 124 valence electrons. The average molecular weight is 316 g/mol. The largest absolute Gasteiger partial charge is 0.481 e. The summed E-state index contributed by atoms with van der Waals surface area (Å²) in [5.74, 6) is -1.57. The summed E-state index contributed by atoms with van der Waals surface area (Å²) in [4.78, 5) is 27.1. The topological polar surface area (TPSA) is 60.9 Å². The lowest BCUT2D eigenvalue weighted by Crippen LogP contribution is -2.26. The van der Waals surface area contributed by atoms with Gasteiger partial charge < -0.3 is 10.0 Å². The van der Waals surface area contributed by atoms with Gasteiger partial charge in [-0.05, 0) is 43.6 Å². The predicted molar refractivity (Wildman–Crippen MR) is 88.3 cm³/mol. The Bertz CT molecular complexity index is 562. The number of likely N-dealkylation sites (tertiary alicyclic amines) is 1. The summed E-state index contributed by atoms with van der Waals surface area (Å²) < 4.78 is 0. The van der Waals surface area contributed by atoms with Crippen LogP contribution < -0.4 is 4.90 Å². The van der Waals surface area contributed by atoms with Crippen molar-refractivity contribution in [2.45, 2.75) is 38.6 Å². The molecule has 0 saturated carbocycles. The Morgan fingerprint density at radius 1 is 1.09 bits per heavy atom. The molecular formula is C18H24N2O3. The predicted octanol–water partition coefficient (Wildman–Crippen LogP) is 2.50. The summed E-state index contributed by atoms with van der Waals surface area (Å²) in [6.07, 6.45) is 5.31. The van der Waals surface area contributed by atoms with Gasteiger partial charge in [-0.1, -0.05) is 25.0 Å². The van der Waals surface area contributed by atoms with Crippen LogP contribution in [0.1, 0.15) is 37.7 Å². The molecular weight excluding hydrogens is 292 g/mol. The fourth-order valence-electron chi connectivity index (χ4n) is 3.46. The van der Waals surface area contributed by atoms with Crippen LogP contribution >= 0.6 is 0 Å². The lowest BCUT2D eigenvalue weighted by atomic mass is 10.1. The van der Waals surface area contributed by atoms with E-state index in [1.807, 2.05) is 12.1 Å². The highest BCUT2D eigenvalue weighted by molar-refractivity contribution is 5.99. The van der Waals surface area contributed by atoms with Crippen molar-refractivity contribution in [1.29, 1.82) is 0 Å². The molecule has 0 spiro atoms. The number of carbonyl (C=O) groups excluding carboxylic acids is 1. The van der Waals surface area contributed by atoms with Crippen molar-refractivity contribution < 1.29 is 14.7 Å². The van der Waals surface area contributed by atoms with E-state index in [0.29, 0.717) is 0 Å². The lowest BCUT2D eigenvalue weighted by Gasteiger charge is -2.21. The maximum atomic E-state index is 12.0. The molecule has 0 bridgehead atoms. The summed E-state index contributed by atoms with van der Waals surface area (Å²) in [6, 6.07) is 7.99. The Morgan fingerprint density at radius 2 is 1.74 bits per heavy atom. The van der Waals surface area contributed by atoms with Crippen LogP contribution in [0.25, 0.3) is 0 Å². The van der Waals surface area contributed by atoms with Gasteiger partial charge in [-0.15, -0.1) is 0 Å². The van der Waals surface area contributed by atoms with Crippen molar-refractivity contribution in [3.63, 3.8) is 0 Å². The number of carboxylic acid groups (broad SMARTS) is 1. The van der Waals surface area contributed by atoms with E-state index in [0.717, 1.165) is 25.3 Å². The number of hydrogen-bond acceptors (Lipinski definition) is 3. The molecule has 1 amide bonds. The highest BCUT2D eigenvalue weighted by atomic mass is 16.4. The summed E-state index contributed by atoms with van der Waals surface area (Å²) in [6.45, 7) is 3.55. The van der Waals surface area contributed by atoms with E-state index in [9.17, 15) is 9.59 Å². The molecule has 1 atom stereocenters. The second kappa shape index (κ2) is 7.13. The third-order valence-electron chi connectivity index (χ3n) is 4.83. The zero-order valence-electron chi connectivity index (χ0n) is 13.4. The smallest absolute Gasteiger partial charge is 0.308 e. The van der Waals surface area contributed by atoms with Gasteiger partial charge in [0.05, 0.1) is 5.92 Å². The number of hydrogen-bond donors (Lipinski definition) is 1. The zero-order chi connectivity index (χ0) is 16.2. The molecule has 0 aliphatic carbocycles. The van der Waals surface area contributed by atoms with Crippen LogP contribution in [0.3, 0.4) is 0 Å². The first-order chi connectivity index (χ1) is 11.1. The number of amides is 1. The summed E-state index contributed by atoms with van der Waals surface area (Å²) in [5.41, 5.74) is 2.05. The van der Waals surface area contributed by atoms with Crippen molar-refractivity contribution >= 4 is 17.6 Å². The van der Waals surface area contributed by atoms with Gasteiger partial charge in [-0.25, -0.2) is 0 Å². The number of benzene rings is 1. The monoisotopic (exact) mass is 316 g/mol. The fourth-order valence-corrected chi connectivity index (χ4v) is 3.46. The highest BCUT2D eigenvalue weighted by Gasteiger charge is 2.34. The van der Waals surface area contributed by atoms with Gasteiger partial charge in [0.2, 0.25) is 5.91 Å². The van der Waals surface area contributed by atoms with E-state index in [4.69, 9.17) is 5.11 Å². The Labute approximate surface area is 136 Å². The molecule has 0 radical (unpaired) electrons. The van der Waals surface area contributed by atoms with Gasteiger partial charge in [0.25, 0.3) is 0 Å². The molecule has 0 aromatic heterocycles. The maximum absolute atomic E-state index is 12.0. The first kappa shape index (κ1) is 16.0. The van der Waals surface area contributed by atoms with Gasteiger partial charge in [0, 0.05) is 25.2 Å². The molecule has 1 aromatic rings. The van der Waals surface area contributed by atoms with E-state index in [-0.39, 0.29) is 18.9 Å². The first-order valence-corrected chi connectivity index (χ1v) is 8.48. The number of carboxylic acids is 1. The van der Waals surface area contributed by atoms with Crippen molar-refractivity contribution in [2.75, 3.05) is 24.5 Å². The van der Waals surface area contributed by atoms with Gasteiger partial charge in [0.1, 0.15) is 0 Å². The molecule has 2 fully saturated rings. The average Bonchev–Trinajstić information content (AvgIpc) is 2.76. The van der Waals surface area contributed by atoms with Crippen LogP contribution in [-0.2, 0) is 16.1 Å². The Balaban J connectivity index is 1.63. The van der Waals surface area contributed by atoms with Crippen LogP contribution in [-0.4, -0.2) is 41.5 Å². The zero-order valence-corrected chi connectivity index (χ0v) is 13.4. The standard InChI is InChI=1S/C18H24N2O3/c21-17-11-15(18(22)23)13-20(17)16-7-5-14(6-8-16)12-19-9-3-1-2-4-10-19/h5-8,15H,1-4,9-13H2,(H,22,23)/t15-/m0/s1. The van der Waals surface area contributed by atoms with E-state index < -0.39 is 11.9 Å². The molecule has 2 heterocycles. The molecule has 3 rings (SSSR count). The van der Waals surface area contributed by atoms with E-state index in [1.165, 1.54) is 31.2 Å². The quantitative estimate of drug-likeness (QED) is 0.927. The van der Waals surface area contributed by atoms with Crippen LogP contribution in [0, 0.1) is 5.92 Å². The van der Waals surface area contributed by atoms with E-state index in [2.05, 4.69) is 17.0 Å². The molecule has 23 heavy (non-hydrogen) atoms. The second-order valence-corrected chi connectivity index (χ2v) is 6.60. The normalized spacial score (nSPS) is 23.0. The number of rotatable bonds is 4. The molecule has 5 heteroatoms. The minimum atomic E-state index is -0.890. The van der Waals surface area contributed by atoms with Crippen LogP contribution in [0.4, 0.5) is 5.69 Å². The Kier molecular flexibility index (Phi) is 4.96. The van der Waals surface area contributed by atoms with Crippen LogP contribution in [0.2, 0.25) is 0 Å². The molecule has 1 aromatic carbocycles. The summed E-state index contributed by atoms with van der Waals surface area (Å²) in [5, 5.41) is 9.06. The SMILES string of the molecule is O=C(O)[C@H]1CC(=O)N(c2ccc(CN3CCCCCC3)cc2)C1. The first-order valence-electron chi connectivity index (χ1n) is 8.48. The van der Waals surface area contributed by atoms with Crippen LogP contribution in [0.5, 0.6) is 0 Å². The maximum Gasteiger partial charge on any atom is 0.308 e. The Hall–Kier alpha value is -1.88. The highest BCUT2D eigenvalue weighted by Crippen LogP contribution is 2.26. The van der Waals surface area contributed by atoms with E-state index >= 15 is 0 Å². The van der Waals surface area contributed by atoms with E-state index in [1.54, 1.807) is 4.90 Å². The third kappa shape index (κ3) is 3.91. The van der Waals surface area contributed by atoms with Crippen molar-refractivity contribution in [2.24, 2.45) is 5.92 Å². The molecule has 2 aliphatic rings. The Morgan fingerprint density at radius 3 is 2.30 bits per heavy atom. The molecule has 2 saturated heterocycles. The van der Waals surface area contributed by atoms with Crippen LogP contribution in [0.15, 0.2) is 24.3 Å². The van der Waals surface area contributed by atoms with Crippen molar-refractivity contribution in [1.82, 2.24) is 4.90 Å². The van der Waals surface area contributed by atoms with Gasteiger partial charge in [-0.3, -0.25) is 14.5 Å². The minimum Gasteiger partial charge on any atom is -0.481 e. The van der Waals surface area contributed by atoms with Crippen molar-refractivity contribution in [3.05, 3.63) is 29.8 Å². The van der Waals surface area contributed by atoms with Gasteiger partial charge in [-0.2, -0.15) is 0 Å². The summed E-state index contributed by atoms with van der Waals surface area (Å²) in [7, 11) is 0. The number of aliphatic carboxylic acids is 1. The molecule has 1 N–H and O–H groups in total. The third-order valence-corrected chi connectivity index (χ3v) is 4.83.